The van der Waals surface area contributed by atoms with Gasteiger partial charge in [0.05, 0.1) is 12.8 Å². The predicted octanol–water partition coefficient (Wildman–Crippen LogP) is 3.20. The fraction of sp³-hybridized carbons (Fsp3) is 0.400. The molecule has 1 saturated carbocycles. The number of carbonyl (C=O) groups excluding carboxylic acids is 2. The molecule has 1 aliphatic heterocycles. The van der Waals surface area contributed by atoms with E-state index < -0.39 is 6.10 Å². The van der Waals surface area contributed by atoms with Gasteiger partial charge in [0.2, 0.25) is 0 Å². The fourth-order valence-corrected chi connectivity index (χ4v) is 3.23. The zero-order chi connectivity index (χ0) is 17.9. The van der Waals surface area contributed by atoms with Crippen LogP contribution < -0.4 is 5.32 Å². The number of hydrogen-bond acceptors (Lipinski definition) is 4. The second kappa shape index (κ2) is 7.33. The second-order valence-electron chi connectivity index (χ2n) is 6.82. The Kier molecular flexibility index (Phi) is 4.75. The van der Waals surface area contributed by atoms with Crippen LogP contribution >= 0.6 is 0 Å². The van der Waals surface area contributed by atoms with Crippen LogP contribution in [0.3, 0.4) is 0 Å². The molecule has 2 aliphatic rings. The van der Waals surface area contributed by atoms with E-state index in [2.05, 4.69) is 5.32 Å². The summed E-state index contributed by atoms with van der Waals surface area (Å²) in [6.45, 7) is 1.09. The van der Waals surface area contributed by atoms with E-state index in [1.165, 1.54) is 0 Å². The molecule has 1 saturated heterocycles. The Morgan fingerprint density at radius 2 is 2.04 bits per heavy atom. The van der Waals surface area contributed by atoms with Crippen LogP contribution in [-0.4, -0.2) is 35.5 Å². The van der Waals surface area contributed by atoms with Crippen molar-refractivity contribution in [2.24, 2.45) is 0 Å². The summed E-state index contributed by atoms with van der Waals surface area (Å²) >= 11 is 0. The molecule has 1 aromatic carbocycles. The zero-order valence-corrected chi connectivity index (χ0v) is 14.5. The van der Waals surface area contributed by atoms with Crippen molar-refractivity contribution in [2.75, 3.05) is 11.9 Å². The average Bonchev–Trinajstić information content (AvgIpc) is 3.13. The van der Waals surface area contributed by atoms with Crippen molar-refractivity contribution in [3.63, 3.8) is 0 Å². The van der Waals surface area contributed by atoms with Gasteiger partial charge < -0.3 is 19.4 Å². The van der Waals surface area contributed by atoms with Crippen LogP contribution in [0.25, 0.3) is 0 Å². The maximum Gasteiger partial charge on any atom is 0.254 e. The molecule has 0 radical (unpaired) electrons. The SMILES string of the molecule is O=C(Nc1cccc(C(=O)N(Cc2ccco2)C2CC2)c1)C1CCCO1. The van der Waals surface area contributed by atoms with E-state index in [4.69, 9.17) is 9.15 Å². The predicted molar refractivity (Wildman–Crippen MR) is 95.6 cm³/mol. The van der Waals surface area contributed by atoms with Gasteiger partial charge in [0.25, 0.3) is 11.8 Å². The molecule has 2 heterocycles. The highest BCUT2D eigenvalue weighted by molar-refractivity contribution is 5.98. The van der Waals surface area contributed by atoms with E-state index >= 15 is 0 Å². The molecule has 1 aromatic heterocycles. The molecular weight excluding hydrogens is 332 g/mol. The van der Waals surface area contributed by atoms with Crippen LogP contribution in [0.1, 0.15) is 41.8 Å². The van der Waals surface area contributed by atoms with Crippen LogP contribution in [0.2, 0.25) is 0 Å². The number of ether oxygens (including phenoxy) is 1. The minimum atomic E-state index is -0.392. The summed E-state index contributed by atoms with van der Waals surface area (Å²) in [6, 6.07) is 11.0. The Hall–Kier alpha value is -2.60. The quantitative estimate of drug-likeness (QED) is 0.865. The van der Waals surface area contributed by atoms with Gasteiger partial charge in [-0.1, -0.05) is 6.07 Å². The molecule has 0 spiro atoms. The normalized spacial score (nSPS) is 19.3. The summed E-state index contributed by atoms with van der Waals surface area (Å²) in [7, 11) is 0. The Morgan fingerprint density at radius 1 is 1.15 bits per heavy atom. The largest absolute Gasteiger partial charge is 0.467 e. The maximum atomic E-state index is 13.0. The Balaban J connectivity index is 1.47. The van der Waals surface area contributed by atoms with E-state index in [1.807, 2.05) is 17.0 Å². The fourth-order valence-electron chi connectivity index (χ4n) is 3.23. The van der Waals surface area contributed by atoms with Crippen molar-refractivity contribution in [1.82, 2.24) is 4.90 Å². The van der Waals surface area contributed by atoms with Gasteiger partial charge in [-0.2, -0.15) is 0 Å². The number of anilines is 1. The first-order valence-electron chi connectivity index (χ1n) is 9.06. The molecule has 1 aliphatic carbocycles. The molecular formula is C20H22N2O4. The van der Waals surface area contributed by atoms with Gasteiger partial charge >= 0.3 is 0 Å². The number of rotatable bonds is 6. The highest BCUT2D eigenvalue weighted by Crippen LogP contribution is 2.30. The number of amides is 2. The molecule has 2 amide bonds. The molecule has 2 fully saturated rings. The number of nitrogens with zero attached hydrogens (tertiary/aromatic N) is 1. The summed E-state index contributed by atoms with van der Waals surface area (Å²) in [5.74, 6) is 0.576. The molecule has 1 N–H and O–H groups in total. The van der Waals surface area contributed by atoms with E-state index in [9.17, 15) is 9.59 Å². The van der Waals surface area contributed by atoms with Gasteiger partial charge in [-0.25, -0.2) is 0 Å². The van der Waals surface area contributed by atoms with Crippen LogP contribution in [0.4, 0.5) is 5.69 Å². The van der Waals surface area contributed by atoms with Crippen molar-refractivity contribution in [3.8, 4) is 0 Å². The third-order valence-electron chi connectivity index (χ3n) is 4.75. The summed E-state index contributed by atoms with van der Waals surface area (Å²) in [5.41, 5.74) is 1.18. The first-order valence-corrected chi connectivity index (χ1v) is 9.06. The lowest BCUT2D eigenvalue weighted by molar-refractivity contribution is -0.124. The highest BCUT2D eigenvalue weighted by Gasteiger charge is 2.33. The van der Waals surface area contributed by atoms with Crippen molar-refractivity contribution in [3.05, 3.63) is 54.0 Å². The van der Waals surface area contributed by atoms with Crippen molar-refractivity contribution in [1.29, 1.82) is 0 Å². The van der Waals surface area contributed by atoms with Gasteiger partial charge in [0.15, 0.2) is 0 Å². The van der Waals surface area contributed by atoms with E-state index in [0.29, 0.717) is 24.4 Å². The van der Waals surface area contributed by atoms with Crippen LogP contribution in [0, 0.1) is 0 Å². The number of nitrogens with one attached hydrogen (secondary N) is 1. The minimum Gasteiger partial charge on any atom is -0.467 e. The average molecular weight is 354 g/mol. The molecule has 6 nitrogen and oxygen atoms in total. The standard InChI is InChI=1S/C20H22N2O4/c23-19(18-7-3-11-26-18)21-15-5-1-4-14(12-15)20(24)22(16-8-9-16)13-17-6-2-10-25-17/h1-2,4-6,10,12,16,18H,3,7-9,11,13H2,(H,21,23). The number of benzene rings is 1. The molecule has 4 rings (SSSR count). The van der Waals surface area contributed by atoms with Crippen molar-refractivity contribution < 1.29 is 18.7 Å². The monoisotopic (exact) mass is 354 g/mol. The lowest BCUT2D eigenvalue weighted by Gasteiger charge is -2.21. The smallest absolute Gasteiger partial charge is 0.254 e. The lowest BCUT2D eigenvalue weighted by Crippen LogP contribution is -2.32. The molecule has 26 heavy (non-hydrogen) atoms. The molecule has 136 valence electrons. The van der Waals surface area contributed by atoms with Gasteiger partial charge in [-0.15, -0.1) is 0 Å². The molecule has 1 atom stereocenters. The number of hydrogen-bond donors (Lipinski definition) is 1. The summed E-state index contributed by atoms with van der Waals surface area (Å²) in [4.78, 5) is 27.1. The van der Waals surface area contributed by atoms with E-state index in [1.54, 1.807) is 30.5 Å². The van der Waals surface area contributed by atoms with Gasteiger partial charge in [0.1, 0.15) is 11.9 Å². The Labute approximate surface area is 152 Å². The van der Waals surface area contributed by atoms with Crippen molar-refractivity contribution in [2.45, 2.75) is 44.4 Å². The van der Waals surface area contributed by atoms with Crippen LogP contribution in [0.15, 0.2) is 47.1 Å². The minimum absolute atomic E-state index is 0.0443. The molecule has 6 heteroatoms. The van der Waals surface area contributed by atoms with Gasteiger partial charge in [0, 0.05) is 23.9 Å². The second-order valence-corrected chi connectivity index (χ2v) is 6.82. The highest BCUT2D eigenvalue weighted by atomic mass is 16.5. The Morgan fingerprint density at radius 3 is 2.73 bits per heavy atom. The van der Waals surface area contributed by atoms with E-state index in [0.717, 1.165) is 31.4 Å². The van der Waals surface area contributed by atoms with Gasteiger partial charge in [-0.3, -0.25) is 9.59 Å². The summed E-state index contributed by atoms with van der Waals surface area (Å²) in [5, 5.41) is 2.86. The summed E-state index contributed by atoms with van der Waals surface area (Å²) in [6.07, 6.45) is 4.90. The van der Waals surface area contributed by atoms with Crippen LogP contribution in [-0.2, 0) is 16.1 Å². The summed E-state index contributed by atoms with van der Waals surface area (Å²) < 4.78 is 10.8. The van der Waals surface area contributed by atoms with Crippen LogP contribution in [0.5, 0.6) is 0 Å². The maximum absolute atomic E-state index is 13.0. The molecule has 0 bridgehead atoms. The first kappa shape index (κ1) is 16.8. The third-order valence-corrected chi connectivity index (χ3v) is 4.75. The topological polar surface area (TPSA) is 71.8 Å². The molecule has 1 unspecified atom stereocenters. The molecule has 2 aromatic rings. The first-order chi connectivity index (χ1) is 12.7. The number of furan rings is 1. The van der Waals surface area contributed by atoms with Crippen molar-refractivity contribution >= 4 is 17.5 Å². The van der Waals surface area contributed by atoms with E-state index in [-0.39, 0.29) is 17.9 Å². The van der Waals surface area contributed by atoms with Gasteiger partial charge in [-0.05, 0) is 56.0 Å². The zero-order valence-electron chi connectivity index (χ0n) is 14.5. The third kappa shape index (κ3) is 3.80. The Bertz CT molecular complexity index is 777. The number of carbonyl (C=O) groups is 2. The lowest BCUT2D eigenvalue weighted by atomic mass is 10.1.